The second-order valence-corrected chi connectivity index (χ2v) is 10.1. The summed E-state index contributed by atoms with van der Waals surface area (Å²) in [6.45, 7) is 5.54. The predicted molar refractivity (Wildman–Crippen MR) is 121 cm³/mol. The highest BCUT2D eigenvalue weighted by atomic mass is 35.5. The number of anilines is 1. The van der Waals surface area contributed by atoms with E-state index in [-0.39, 0.29) is 22.8 Å². The lowest BCUT2D eigenvalue weighted by molar-refractivity contribution is -0.155. The number of nitrogens with zero attached hydrogens (tertiary/aromatic N) is 1. The molecule has 178 valence electrons. The summed E-state index contributed by atoms with van der Waals surface area (Å²) in [5, 5.41) is 16.0. The van der Waals surface area contributed by atoms with Crippen LogP contribution < -0.4 is 10.6 Å². The summed E-state index contributed by atoms with van der Waals surface area (Å²) >= 11 is 6.10. The Bertz CT molecular complexity index is 839. The summed E-state index contributed by atoms with van der Waals surface area (Å²) < 4.78 is 20.3. The molecule has 1 aromatic rings. The van der Waals surface area contributed by atoms with Crippen molar-refractivity contribution in [3.8, 4) is 0 Å². The highest BCUT2D eigenvalue weighted by molar-refractivity contribution is 6.29. The average molecular weight is 470 g/mol. The third-order valence-corrected chi connectivity index (χ3v) is 7.30. The predicted octanol–water partition coefficient (Wildman–Crippen LogP) is 4.60. The van der Waals surface area contributed by atoms with E-state index in [9.17, 15) is 19.1 Å². The number of amides is 1. The fraction of sp³-hybridized carbons (Fsp3) is 0.696. The van der Waals surface area contributed by atoms with Gasteiger partial charge < -0.3 is 20.5 Å². The van der Waals surface area contributed by atoms with Gasteiger partial charge in [-0.15, -0.1) is 0 Å². The van der Waals surface area contributed by atoms with Crippen LogP contribution in [0.25, 0.3) is 0 Å². The molecule has 2 bridgehead atoms. The van der Waals surface area contributed by atoms with Crippen LogP contribution in [0.3, 0.4) is 0 Å². The number of hydrogen-bond donors (Lipinski definition) is 3. The molecule has 9 heteroatoms. The van der Waals surface area contributed by atoms with Gasteiger partial charge in [-0.1, -0.05) is 18.5 Å². The van der Waals surface area contributed by atoms with E-state index in [1.165, 1.54) is 6.20 Å². The van der Waals surface area contributed by atoms with E-state index in [4.69, 9.17) is 16.3 Å². The molecular formula is C23H33ClFN3O4. The van der Waals surface area contributed by atoms with Crippen LogP contribution in [0.2, 0.25) is 5.15 Å². The molecule has 0 aromatic carbocycles. The van der Waals surface area contributed by atoms with Crippen LogP contribution >= 0.6 is 11.6 Å². The zero-order valence-electron chi connectivity index (χ0n) is 19.0. The molecule has 3 saturated carbocycles. The van der Waals surface area contributed by atoms with Gasteiger partial charge in [0.15, 0.2) is 0 Å². The van der Waals surface area contributed by atoms with Crippen molar-refractivity contribution in [2.24, 2.45) is 5.41 Å². The molecule has 0 saturated heterocycles. The molecule has 0 aliphatic heterocycles. The van der Waals surface area contributed by atoms with Gasteiger partial charge >= 0.3 is 5.97 Å². The maximum absolute atomic E-state index is 14.7. The first-order valence-electron chi connectivity index (χ1n) is 11.3. The number of fused-ring (bicyclic) bond motifs is 3. The third kappa shape index (κ3) is 5.17. The van der Waals surface area contributed by atoms with Gasteiger partial charge in [0, 0.05) is 18.3 Å². The Labute approximate surface area is 193 Å². The van der Waals surface area contributed by atoms with Crippen molar-refractivity contribution >= 4 is 29.2 Å². The molecule has 4 rings (SSSR count). The number of nitrogens with one attached hydrogen (secondary N) is 2. The Hall–Kier alpha value is -1.93. The van der Waals surface area contributed by atoms with Gasteiger partial charge in [0.05, 0.1) is 28.8 Å². The quantitative estimate of drug-likeness (QED) is 0.433. The number of aliphatic carboxylic acids is 1. The number of halogens is 2. The monoisotopic (exact) mass is 469 g/mol. The van der Waals surface area contributed by atoms with Crippen molar-refractivity contribution in [1.29, 1.82) is 0 Å². The second kappa shape index (κ2) is 9.51. The van der Waals surface area contributed by atoms with Crippen molar-refractivity contribution < 1.29 is 23.8 Å². The smallest absolute Gasteiger partial charge is 0.309 e. The van der Waals surface area contributed by atoms with Crippen LogP contribution in [-0.2, 0) is 9.53 Å². The first-order valence-corrected chi connectivity index (χ1v) is 11.6. The molecule has 32 heavy (non-hydrogen) atoms. The molecule has 1 atom stereocenters. The molecule has 0 unspecified atom stereocenters. The molecule has 0 spiro atoms. The van der Waals surface area contributed by atoms with Crippen LogP contribution in [0.1, 0.15) is 76.1 Å². The zero-order valence-corrected chi connectivity index (χ0v) is 19.7. The average Bonchev–Trinajstić information content (AvgIpc) is 2.77. The highest BCUT2D eigenvalue weighted by Crippen LogP contribution is 2.53. The van der Waals surface area contributed by atoms with E-state index in [1.807, 2.05) is 6.92 Å². The lowest BCUT2D eigenvalue weighted by Gasteiger charge is -2.52. The van der Waals surface area contributed by atoms with Crippen molar-refractivity contribution in [2.45, 2.75) is 83.0 Å². The van der Waals surface area contributed by atoms with E-state index >= 15 is 0 Å². The lowest BCUT2D eigenvalue weighted by atomic mass is 9.57. The van der Waals surface area contributed by atoms with Gasteiger partial charge in [0.2, 0.25) is 0 Å². The molecule has 3 aliphatic rings. The zero-order chi connectivity index (χ0) is 23.6. The minimum absolute atomic E-state index is 0.191. The van der Waals surface area contributed by atoms with Crippen LogP contribution in [-0.4, -0.2) is 52.4 Å². The maximum atomic E-state index is 14.7. The fourth-order valence-corrected chi connectivity index (χ4v) is 4.83. The van der Waals surface area contributed by atoms with E-state index in [2.05, 4.69) is 15.6 Å². The Kier molecular flexibility index (Phi) is 7.34. The standard InChI is InChI=1S/C23H33ClFN3O4/c1-4-11-32-21(2,3)17(25)14-27-19(29)15-13-26-18(24)12-16(15)28-23-8-5-22(6-9-23,7-10-23)20(30)31/h12-13,17H,4-11,14H2,1-3H3,(H,26,28)(H,27,29)(H,30,31)/t17-,22?,23?/m1/s1. The SMILES string of the molecule is CCCOC(C)(C)[C@H](F)CNC(=O)c1cnc(Cl)cc1NC12CCC(C(=O)O)(CC1)CC2. The number of aromatic nitrogens is 1. The summed E-state index contributed by atoms with van der Waals surface area (Å²) in [5.41, 5.74) is -1.10. The van der Waals surface area contributed by atoms with Crippen molar-refractivity contribution in [1.82, 2.24) is 10.3 Å². The Morgan fingerprint density at radius 1 is 1.28 bits per heavy atom. The van der Waals surface area contributed by atoms with Crippen LogP contribution in [0.5, 0.6) is 0 Å². The first-order chi connectivity index (χ1) is 15.0. The number of rotatable bonds is 10. The van der Waals surface area contributed by atoms with Gasteiger partial charge in [-0.05, 0) is 64.9 Å². The Balaban J connectivity index is 1.69. The summed E-state index contributed by atoms with van der Waals surface area (Å²) in [6, 6.07) is 1.60. The van der Waals surface area contributed by atoms with E-state index in [0.717, 1.165) is 6.42 Å². The molecule has 7 nitrogen and oxygen atoms in total. The van der Waals surface area contributed by atoms with Crippen LogP contribution in [0, 0.1) is 5.41 Å². The number of carbonyl (C=O) groups is 2. The number of hydrogen-bond acceptors (Lipinski definition) is 5. The van der Waals surface area contributed by atoms with E-state index < -0.39 is 29.1 Å². The van der Waals surface area contributed by atoms with Gasteiger partial charge in [-0.25, -0.2) is 9.37 Å². The number of ether oxygens (including phenoxy) is 1. The number of carbonyl (C=O) groups excluding carboxylic acids is 1. The lowest BCUT2D eigenvalue weighted by Crippen LogP contribution is -2.53. The second-order valence-electron chi connectivity index (χ2n) is 9.67. The topological polar surface area (TPSA) is 101 Å². The molecular weight excluding hydrogens is 437 g/mol. The van der Waals surface area contributed by atoms with Crippen LogP contribution in [0.4, 0.5) is 10.1 Å². The number of carboxylic acid groups (broad SMARTS) is 1. The minimum atomic E-state index is -1.38. The summed E-state index contributed by atoms with van der Waals surface area (Å²) in [5.74, 6) is -1.17. The van der Waals surface area contributed by atoms with Gasteiger partial charge in [-0.2, -0.15) is 0 Å². The third-order valence-electron chi connectivity index (χ3n) is 7.09. The maximum Gasteiger partial charge on any atom is 0.309 e. The fourth-order valence-electron chi connectivity index (χ4n) is 4.67. The first kappa shape index (κ1) is 24.7. The molecule has 3 aliphatic carbocycles. The molecule has 1 heterocycles. The Morgan fingerprint density at radius 3 is 2.47 bits per heavy atom. The Morgan fingerprint density at radius 2 is 1.91 bits per heavy atom. The molecule has 1 aromatic heterocycles. The molecule has 0 radical (unpaired) electrons. The van der Waals surface area contributed by atoms with Gasteiger partial charge in [0.25, 0.3) is 5.91 Å². The van der Waals surface area contributed by atoms with Gasteiger partial charge in [-0.3, -0.25) is 9.59 Å². The molecule has 1 amide bonds. The normalized spacial score (nSPS) is 25.9. The summed E-state index contributed by atoms with van der Waals surface area (Å²) in [7, 11) is 0. The van der Waals surface area contributed by atoms with Gasteiger partial charge in [0.1, 0.15) is 11.3 Å². The van der Waals surface area contributed by atoms with Crippen molar-refractivity contribution in [3.63, 3.8) is 0 Å². The summed E-state index contributed by atoms with van der Waals surface area (Å²) in [6.07, 6.45) is 4.71. The minimum Gasteiger partial charge on any atom is -0.481 e. The number of pyridine rings is 1. The van der Waals surface area contributed by atoms with E-state index in [0.29, 0.717) is 50.8 Å². The summed E-state index contributed by atoms with van der Waals surface area (Å²) in [4.78, 5) is 28.6. The number of carboxylic acids is 1. The molecule has 3 N–H and O–H groups in total. The highest BCUT2D eigenvalue weighted by Gasteiger charge is 2.52. The van der Waals surface area contributed by atoms with Crippen molar-refractivity contribution in [3.05, 3.63) is 23.0 Å². The largest absolute Gasteiger partial charge is 0.481 e. The number of alkyl halides is 1. The van der Waals surface area contributed by atoms with E-state index in [1.54, 1.807) is 19.9 Å². The molecule has 3 fully saturated rings. The van der Waals surface area contributed by atoms with Crippen LogP contribution in [0.15, 0.2) is 12.3 Å². The van der Waals surface area contributed by atoms with Crippen molar-refractivity contribution in [2.75, 3.05) is 18.5 Å².